The zero-order chi connectivity index (χ0) is 20.6. The van der Waals surface area contributed by atoms with Crippen molar-refractivity contribution in [3.63, 3.8) is 0 Å². The fraction of sp³-hybridized carbons (Fsp3) is 0.261. The first-order valence-electron chi connectivity index (χ1n) is 9.63. The number of carbonyl (C=O) groups excluding carboxylic acids is 2. The minimum Gasteiger partial charge on any atom is -0.344 e. The van der Waals surface area contributed by atoms with E-state index in [0.717, 1.165) is 21.7 Å². The molecule has 2 N–H and O–H groups in total. The van der Waals surface area contributed by atoms with Gasteiger partial charge in [-0.15, -0.1) is 11.3 Å². The SMILES string of the molecule is Cc1nc(NC(=O)[C@H](Cc2ccccc2)NC(=O)CCc2ccccc2)sc1C. The molecule has 1 atom stereocenters. The number of hydrogen-bond donors (Lipinski definition) is 2. The molecule has 2 amide bonds. The Morgan fingerprint density at radius 1 is 0.966 bits per heavy atom. The number of amides is 2. The third-order valence-electron chi connectivity index (χ3n) is 4.68. The van der Waals surface area contributed by atoms with Crippen molar-refractivity contribution < 1.29 is 9.59 Å². The van der Waals surface area contributed by atoms with Crippen molar-refractivity contribution >= 4 is 28.3 Å². The van der Waals surface area contributed by atoms with Gasteiger partial charge in [0.2, 0.25) is 11.8 Å². The highest BCUT2D eigenvalue weighted by molar-refractivity contribution is 7.15. The smallest absolute Gasteiger partial charge is 0.249 e. The largest absolute Gasteiger partial charge is 0.344 e. The molecule has 1 aromatic heterocycles. The van der Waals surface area contributed by atoms with Crippen LogP contribution in [0.25, 0.3) is 0 Å². The van der Waals surface area contributed by atoms with E-state index >= 15 is 0 Å². The normalized spacial score (nSPS) is 11.7. The summed E-state index contributed by atoms with van der Waals surface area (Å²) in [6.07, 6.45) is 1.39. The Morgan fingerprint density at radius 2 is 1.59 bits per heavy atom. The molecule has 0 saturated carbocycles. The van der Waals surface area contributed by atoms with E-state index in [9.17, 15) is 9.59 Å². The monoisotopic (exact) mass is 407 g/mol. The molecule has 0 saturated heterocycles. The lowest BCUT2D eigenvalue weighted by Crippen LogP contribution is -2.45. The van der Waals surface area contributed by atoms with Crippen LogP contribution in [0.4, 0.5) is 5.13 Å². The number of benzene rings is 2. The van der Waals surface area contributed by atoms with Crippen LogP contribution in [0.2, 0.25) is 0 Å². The fourth-order valence-corrected chi connectivity index (χ4v) is 3.76. The third-order valence-corrected chi connectivity index (χ3v) is 5.66. The minimum absolute atomic E-state index is 0.142. The maximum absolute atomic E-state index is 12.9. The van der Waals surface area contributed by atoms with Crippen LogP contribution < -0.4 is 10.6 Å². The molecule has 0 unspecified atom stereocenters. The molecule has 0 bridgehead atoms. The number of aromatic nitrogens is 1. The summed E-state index contributed by atoms with van der Waals surface area (Å²) in [5.74, 6) is -0.396. The maximum atomic E-state index is 12.9. The van der Waals surface area contributed by atoms with Crippen LogP contribution >= 0.6 is 11.3 Å². The van der Waals surface area contributed by atoms with Gasteiger partial charge in [0, 0.05) is 17.7 Å². The van der Waals surface area contributed by atoms with Gasteiger partial charge in [-0.05, 0) is 31.4 Å². The van der Waals surface area contributed by atoms with Crippen LogP contribution in [0.3, 0.4) is 0 Å². The van der Waals surface area contributed by atoms with E-state index in [2.05, 4.69) is 15.6 Å². The molecule has 2 aromatic carbocycles. The van der Waals surface area contributed by atoms with Gasteiger partial charge in [-0.25, -0.2) is 4.98 Å². The van der Waals surface area contributed by atoms with Crippen LogP contribution in [0.1, 0.15) is 28.1 Å². The first-order valence-corrected chi connectivity index (χ1v) is 10.4. The Labute approximate surface area is 175 Å². The molecule has 0 aliphatic heterocycles. The van der Waals surface area contributed by atoms with Gasteiger partial charge < -0.3 is 10.6 Å². The number of anilines is 1. The minimum atomic E-state index is -0.662. The Hall–Kier alpha value is -2.99. The summed E-state index contributed by atoms with van der Waals surface area (Å²) < 4.78 is 0. The number of rotatable bonds is 8. The average Bonchev–Trinajstić information content (AvgIpc) is 3.04. The standard InChI is InChI=1S/C23H25N3O2S/c1-16-17(2)29-23(24-16)26-22(28)20(15-19-11-7-4-8-12-19)25-21(27)14-13-18-9-5-3-6-10-18/h3-12,20H,13-15H2,1-2H3,(H,25,27)(H,24,26,28)/t20-/m0/s1. The summed E-state index contributed by atoms with van der Waals surface area (Å²) in [7, 11) is 0. The number of nitrogens with one attached hydrogen (secondary N) is 2. The van der Waals surface area contributed by atoms with Crippen molar-refractivity contribution in [1.82, 2.24) is 10.3 Å². The molecule has 0 radical (unpaired) electrons. The van der Waals surface area contributed by atoms with E-state index in [1.807, 2.05) is 74.5 Å². The van der Waals surface area contributed by atoms with Crippen LogP contribution in [-0.2, 0) is 22.4 Å². The van der Waals surface area contributed by atoms with E-state index in [-0.39, 0.29) is 11.8 Å². The van der Waals surface area contributed by atoms with Crippen molar-refractivity contribution in [2.75, 3.05) is 5.32 Å². The van der Waals surface area contributed by atoms with Gasteiger partial charge in [0.15, 0.2) is 5.13 Å². The van der Waals surface area contributed by atoms with Crippen molar-refractivity contribution in [2.24, 2.45) is 0 Å². The molecule has 0 spiro atoms. The maximum Gasteiger partial charge on any atom is 0.249 e. The summed E-state index contributed by atoms with van der Waals surface area (Å²) >= 11 is 1.44. The molecular formula is C23H25N3O2S. The van der Waals surface area contributed by atoms with E-state index in [4.69, 9.17) is 0 Å². The van der Waals surface area contributed by atoms with Crippen LogP contribution in [0.15, 0.2) is 60.7 Å². The highest BCUT2D eigenvalue weighted by atomic mass is 32.1. The molecule has 0 fully saturated rings. The number of aryl methyl sites for hydroxylation is 3. The first kappa shape index (κ1) is 20.7. The lowest BCUT2D eigenvalue weighted by molar-refractivity contribution is -0.126. The van der Waals surface area contributed by atoms with Gasteiger partial charge >= 0.3 is 0 Å². The Kier molecular flexibility index (Phi) is 7.14. The van der Waals surface area contributed by atoms with Gasteiger partial charge in [-0.2, -0.15) is 0 Å². The summed E-state index contributed by atoms with van der Waals surface area (Å²) in [5.41, 5.74) is 2.99. The Bertz CT molecular complexity index is 935. The van der Waals surface area contributed by atoms with E-state index in [0.29, 0.717) is 24.4 Å². The summed E-state index contributed by atoms with van der Waals surface area (Å²) in [6.45, 7) is 3.88. The highest BCUT2D eigenvalue weighted by Gasteiger charge is 2.22. The lowest BCUT2D eigenvalue weighted by atomic mass is 10.0. The molecule has 29 heavy (non-hydrogen) atoms. The van der Waals surface area contributed by atoms with Crippen molar-refractivity contribution in [2.45, 2.75) is 39.2 Å². The summed E-state index contributed by atoms with van der Waals surface area (Å²) in [6, 6.07) is 18.9. The van der Waals surface area contributed by atoms with E-state index in [1.54, 1.807) is 0 Å². The molecule has 0 aliphatic rings. The second-order valence-electron chi connectivity index (χ2n) is 6.95. The molecule has 1 heterocycles. The van der Waals surface area contributed by atoms with Crippen molar-refractivity contribution in [3.8, 4) is 0 Å². The predicted octanol–water partition coefficient (Wildman–Crippen LogP) is 4.06. The van der Waals surface area contributed by atoms with Gasteiger partial charge in [0.25, 0.3) is 0 Å². The number of carbonyl (C=O) groups is 2. The first-order chi connectivity index (χ1) is 14.0. The topological polar surface area (TPSA) is 71.1 Å². The predicted molar refractivity (Wildman–Crippen MR) is 117 cm³/mol. The van der Waals surface area contributed by atoms with E-state index in [1.165, 1.54) is 11.3 Å². The van der Waals surface area contributed by atoms with E-state index < -0.39 is 6.04 Å². The number of hydrogen-bond acceptors (Lipinski definition) is 4. The highest BCUT2D eigenvalue weighted by Crippen LogP contribution is 2.21. The summed E-state index contributed by atoms with van der Waals surface area (Å²) in [5, 5.41) is 6.32. The fourth-order valence-electron chi connectivity index (χ4n) is 2.95. The van der Waals surface area contributed by atoms with Crippen LogP contribution in [-0.4, -0.2) is 22.8 Å². The van der Waals surface area contributed by atoms with Gasteiger partial charge in [0.05, 0.1) is 5.69 Å². The second-order valence-corrected chi connectivity index (χ2v) is 8.15. The van der Waals surface area contributed by atoms with Gasteiger partial charge in [-0.1, -0.05) is 60.7 Å². The van der Waals surface area contributed by atoms with Crippen molar-refractivity contribution in [1.29, 1.82) is 0 Å². The lowest BCUT2D eigenvalue weighted by Gasteiger charge is -2.18. The second kappa shape index (κ2) is 9.98. The zero-order valence-corrected chi connectivity index (χ0v) is 17.5. The van der Waals surface area contributed by atoms with Crippen LogP contribution in [0, 0.1) is 13.8 Å². The number of thiazole rings is 1. The van der Waals surface area contributed by atoms with Gasteiger partial charge in [0.1, 0.15) is 6.04 Å². The third kappa shape index (κ3) is 6.26. The summed E-state index contributed by atoms with van der Waals surface area (Å²) in [4.78, 5) is 30.8. The molecule has 5 nitrogen and oxygen atoms in total. The Morgan fingerprint density at radius 3 is 2.17 bits per heavy atom. The van der Waals surface area contributed by atoms with Crippen molar-refractivity contribution in [3.05, 3.63) is 82.4 Å². The molecule has 0 aliphatic carbocycles. The quantitative estimate of drug-likeness (QED) is 0.592. The molecule has 3 rings (SSSR count). The molecule has 150 valence electrons. The average molecular weight is 408 g/mol. The molecule has 6 heteroatoms. The van der Waals surface area contributed by atoms with Gasteiger partial charge in [-0.3, -0.25) is 9.59 Å². The number of nitrogens with zero attached hydrogens (tertiary/aromatic N) is 1. The molecular weight excluding hydrogens is 382 g/mol. The zero-order valence-electron chi connectivity index (χ0n) is 16.6. The molecule has 3 aromatic rings. The Balaban J connectivity index is 1.66. The van der Waals surface area contributed by atoms with Crippen LogP contribution in [0.5, 0.6) is 0 Å².